The summed E-state index contributed by atoms with van der Waals surface area (Å²) in [7, 11) is -1.74. The first-order chi connectivity index (χ1) is 9.50. The van der Waals surface area contributed by atoms with Crippen LogP contribution in [-0.4, -0.2) is 39.0 Å². The first-order valence-electron chi connectivity index (χ1n) is 7.15. The summed E-state index contributed by atoms with van der Waals surface area (Å²) in [6, 6.07) is 6.98. The molecule has 1 atom stereocenters. The van der Waals surface area contributed by atoms with Gasteiger partial charge < -0.3 is 4.74 Å². The summed E-state index contributed by atoms with van der Waals surface area (Å²) in [4.78, 5) is 0.357. The molecule has 112 valence electrons. The second kappa shape index (κ2) is 6.70. The Morgan fingerprint density at radius 2 is 1.95 bits per heavy atom. The summed E-state index contributed by atoms with van der Waals surface area (Å²) >= 11 is 0. The average Bonchev–Trinajstić information content (AvgIpc) is 2.46. The standard InChI is InChI=1S/C15H23NO3S/c1-13-6-8-15(9-7-13)20(17,18)16(2)11-10-14-5-3-4-12-19-14/h6-9,14H,3-5,10-12H2,1-2H3. The van der Waals surface area contributed by atoms with Crippen LogP contribution in [0.25, 0.3) is 0 Å². The SMILES string of the molecule is Cc1ccc(S(=O)(=O)N(C)CCC2CCCCO2)cc1. The van der Waals surface area contributed by atoms with Crippen LogP contribution in [0.5, 0.6) is 0 Å². The molecule has 1 aromatic carbocycles. The third-order valence-electron chi connectivity index (χ3n) is 3.77. The van der Waals surface area contributed by atoms with Crippen molar-refractivity contribution in [1.29, 1.82) is 0 Å². The molecule has 1 saturated heterocycles. The van der Waals surface area contributed by atoms with E-state index in [0.717, 1.165) is 31.4 Å². The van der Waals surface area contributed by atoms with Crippen LogP contribution < -0.4 is 0 Å². The molecule has 0 amide bonds. The predicted molar refractivity (Wildman–Crippen MR) is 79.2 cm³/mol. The lowest BCUT2D eigenvalue weighted by Crippen LogP contribution is -2.31. The van der Waals surface area contributed by atoms with Gasteiger partial charge in [-0.15, -0.1) is 0 Å². The molecule has 20 heavy (non-hydrogen) atoms. The van der Waals surface area contributed by atoms with Crippen LogP contribution in [0.2, 0.25) is 0 Å². The molecule has 0 radical (unpaired) electrons. The maximum atomic E-state index is 12.4. The van der Waals surface area contributed by atoms with E-state index in [9.17, 15) is 8.42 Å². The van der Waals surface area contributed by atoms with Crippen LogP contribution >= 0.6 is 0 Å². The molecule has 2 rings (SSSR count). The van der Waals surface area contributed by atoms with Gasteiger partial charge in [0.05, 0.1) is 11.0 Å². The molecule has 1 aromatic rings. The third kappa shape index (κ3) is 3.81. The van der Waals surface area contributed by atoms with Crippen LogP contribution in [0.15, 0.2) is 29.2 Å². The second-order valence-electron chi connectivity index (χ2n) is 5.42. The largest absolute Gasteiger partial charge is 0.378 e. The van der Waals surface area contributed by atoms with Gasteiger partial charge >= 0.3 is 0 Å². The zero-order chi connectivity index (χ0) is 14.6. The second-order valence-corrected chi connectivity index (χ2v) is 7.46. The van der Waals surface area contributed by atoms with Crippen LogP contribution in [0.3, 0.4) is 0 Å². The van der Waals surface area contributed by atoms with E-state index in [2.05, 4.69) is 0 Å². The van der Waals surface area contributed by atoms with Gasteiger partial charge in [0.1, 0.15) is 0 Å². The zero-order valence-corrected chi connectivity index (χ0v) is 13.0. The fraction of sp³-hybridized carbons (Fsp3) is 0.600. The first kappa shape index (κ1) is 15.5. The van der Waals surface area contributed by atoms with Crippen LogP contribution in [0.1, 0.15) is 31.2 Å². The van der Waals surface area contributed by atoms with Gasteiger partial charge in [0.25, 0.3) is 0 Å². The van der Waals surface area contributed by atoms with E-state index >= 15 is 0 Å². The molecule has 4 nitrogen and oxygen atoms in total. The number of rotatable bonds is 5. The summed E-state index contributed by atoms with van der Waals surface area (Å²) in [6.45, 7) is 3.25. The molecule has 0 N–H and O–H groups in total. The Morgan fingerprint density at radius 3 is 2.55 bits per heavy atom. The van der Waals surface area contributed by atoms with Gasteiger partial charge in [-0.05, 0) is 44.7 Å². The molecule has 1 aliphatic heterocycles. The molecule has 0 spiro atoms. The van der Waals surface area contributed by atoms with E-state index in [4.69, 9.17) is 4.74 Å². The maximum Gasteiger partial charge on any atom is 0.242 e. The highest BCUT2D eigenvalue weighted by Gasteiger charge is 2.22. The summed E-state index contributed by atoms with van der Waals surface area (Å²) in [5, 5.41) is 0. The highest BCUT2D eigenvalue weighted by Crippen LogP contribution is 2.19. The normalized spacial score (nSPS) is 20.2. The van der Waals surface area contributed by atoms with Crippen molar-refractivity contribution in [2.75, 3.05) is 20.2 Å². The van der Waals surface area contributed by atoms with Crippen molar-refractivity contribution < 1.29 is 13.2 Å². The van der Waals surface area contributed by atoms with Crippen molar-refractivity contribution in [2.24, 2.45) is 0 Å². The fourth-order valence-electron chi connectivity index (χ4n) is 2.37. The minimum Gasteiger partial charge on any atom is -0.378 e. The number of hydrogen-bond acceptors (Lipinski definition) is 3. The molecule has 0 aromatic heterocycles. The Hall–Kier alpha value is -0.910. The Morgan fingerprint density at radius 1 is 1.25 bits per heavy atom. The minimum absolute atomic E-state index is 0.208. The highest BCUT2D eigenvalue weighted by atomic mass is 32.2. The summed E-state index contributed by atoms with van der Waals surface area (Å²) in [5.41, 5.74) is 1.06. The van der Waals surface area contributed by atoms with E-state index in [1.165, 1.54) is 10.7 Å². The van der Waals surface area contributed by atoms with Gasteiger partial charge in [0.2, 0.25) is 10.0 Å². The third-order valence-corrected chi connectivity index (χ3v) is 5.64. The van der Waals surface area contributed by atoms with Gasteiger partial charge in [0, 0.05) is 20.2 Å². The van der Waals surface area contributed by atoms with Gasteiger partial charge in [0.15, 0.2) is 0 Å². The Balaban J connectivity index is 1.96. The lowest BCUT2D eigenvalue weighted by atomic mass is 10.1. The van der Waals surface area contributed by atoms with Crippen molar-refractivity contribution in [3.63, 3.8) is 0 Å². The lowest BCUT2D eigenvalue weighted by Gasteiger charge is -2.25. The molecule has 0 saturated carbocycles. The number of benzene rings is 1. The molecule has 0 bridgehead atoms. The Labute approximate surface area is 121 Å². The fourth-order valence-corrected chi connectivity index (χ4v) is 3.56. The van der Waals surface area contributed by atoms with Crippen molar-refractivity contribution in [3.8, 4) is 0 Å². The van der Waals surface area contributed by atoms with Crippen molar-refractivity contribution in [1.82, 2.24) is 4.31 Å². The lowest BCUT2D eigenvalue weighted by molar-refractivity contribution is 0.00950. The smallest absolute Gasteiger partial charge is 0.242 e. The van der Waals surface area contributed by atoms with Gasteiger partial charge in [-0.25, -0.2) is 12.7 Å². The Bertz CT molecular complexity index is 519. The van der Waals surface area contributed by atoms with E-state index in [1.807, 2.05) is 19.1 Å². The predicted octanol–water partition coefficient (Wildman–Crippen LogP) is 2.57. The molecule has 1 fully saturated rings. The highest BCUT2D eigenvalue weighted by molar-refractivity contribution is 7.89. The van der Waals surface area contributed by atoms with Crippen LogP contribution in [0, 0.1) is 6.92 Å². The monoisotopic (exact) mass is 297 g/mol. The number of hydrogen-bond donors (Lipinski definition) is 0. The summed E-state index contributed by atoms with van der Waals surface area (Å²) in [5.74, 6) is 0. The molecule has 1 aliphatic rings. The molecular formula is C15H23NO3S. The van der Waals surface area contributed by atoms with Crippen LogP contribution in [-0.2, 0) is 14.8 Å². The van der Waals surface area contributed by atoms with E-state index in [-0.39, 0.29) is 6.10 Å². The molecule has 0 aliphatic carbocycles. The van der Waals surface area contributed by atoms with Gasteiger partial charge in [-0.1, -0.05) is 17.7 Å². The summed E-state index contributed by atoms with van der Waals surface area (Å²) in [6.07, 6.45) is 4.31. The zero-order valence-electron chi connectivity index (χ0n) is 12.2. The van der Waals surface area contributed by atoms with E-state index in [1.54, 1.807) is 19.2 Å². The van der Waals surface area contributed by atoms with Gasteiger partial charge in [-0.2, -0.15) is 0 Å². The summed E-state index contributed by atoms with van der Waals surface area (Å²) < 4.78 is 31.9. The van der Waals surface area contributed by atoms with Crippen molar-refractivity contribution >= 4 is 10.0 Å². The van der Waals surface area contributed by atoms with Crippen molar-refractivity contribution in [2.45, 2.75) is 43.6 Å². The molecule has 1 heterocycles. The Kier molecular flexibility index (Phi) is 5.18. The number of aryl methyl sites for hydroxylation is 1. The first-order valence-corrected chi connectivity index (χ1v) is 8.59. The average molecular weight is 297 g/mol. The quantitative estimate of drug-likeness (QED) is 0.839. The number of ether oxygens (including phenoxy) is 1. The molecule has 1 unspecified atom stereocenters. The van der Waals surface area contributed by atoms with Crippen LogP contribution in [0.4, 0.5) is 0 Å². The number of sulfonamides is 1. The van der Waals surface area contributed by atoms with E-state index < -0.39 is 10.0 Å². The minimum atomic E-state index is -3.38. The maximum absolute atomic E-state index is 12.4. The molecular weight excluding hydrogens is 274 g/mol. The molecule has 5 heteroatoms. The van der Waals surface area contributed by atoms with E-state index in [0.29, 0.717) is 11.4 Å². The van der Waals surface area contributed by atoms with Gasteiger partial charge in [-0.3, -0.25) is 0 Å². The topological polar surface area (TPSA) is 46.6 Å². The van der Waals surface area contributed by atoms with Crippen molar-refractivity contribution in [3.05, 3.63) is 29.8 Å². The number of nitrogens with zero attached hydrogens (tertiary/aromatic N) is 1.